The van der Waals surface area contributed by atoms with Crippen LogP contribution in [0.3, 0.4) is 0 Å². The van der Waals surface area contributed by atoms with Crippen LogP contribution in [0.4, 0.5) is 0 Å². The fourth-order valence-electron chi connectivity index (χ4n) is 5.23. The smallest absolute Gasteiger partial charge is 0.270 e. The summed E-state index contributed by atoms with van der Waals surface area (Å²) >= 11 is 0. The molecule has 0 bridgehead atoms. The molecule has 1 aromatic heterocycles. The molecule has 0 unspecified atom stereocenters. The van der Waals surface area contributed by atoms with Gasteiger partial charge in [0.2, 0.25) is 0 Å². The summed E-state index contributed by atoms with van der Waals surface area (Å²) in [6.07, 6.45) is 12.2. The maximum Gasteiger partial charge on any atom is 0.270 e. The molecule has 0 saturated carbocycles. The molecule has 41 heavy (non-hydrogen) atoms. The lowest BCUT2D eigenvalue weighted by atomic mass is 9.84. The van der Waals surface area contributed by atoms with Crippen LogP contribution in [0.2, 0.25) is 0 Å². The van der Waals surface area contributed by atoms with E-state index in [1.54, 1.807) is 43.9 Å². The molecule has 3 aromatic rings. The zero-order chi connectivity index (χ0) is 28.9. The van der Waals surface area contributed by atoms with E-state index in [0.717, 1.165) is 38.5 Å². The number of rotatable bonds is 6. The fourth-order valence-corrected chi connectivity index (χ4v) is 5.23. The Morgan fingerprint density at radius 3 is 1.93 bits per heavy atom. The molecular weight excluding hydrogens is 514 g/mol. The van der Waals surface area contributed by atoms with E-state index in [9.17, 15) is 14.8 Å². The number of allylic oxidation sites excluding steroid dienone is 8. The standard InChI is InChI=1S/C33H31N5O3/c1-22-20-38(41)21-23(2)29(22)26-14-16-27(17-15-26)35-33(40)31(36-32(39)28-18-19-34-37(28)3)30(24-10-6-4-7-11-24)25-12-8-5-9-13-25/h4-21,30-31,41H,1-3H3,(H,36,39)/t31-/m0/s1. The van der Waals surface area contributed by atoms with Crippen LogP contribution in [-0.4, -0.2) is 43.6 Å². The van der Waals surface area contributed by atoms with E-state index < -0.39 is 23.8 Å². The third-order valence-electron chi connectivity index (χ3n) is 7.09. The number of hydroxylamine groups is 2. The van der Waals surface area contributed by atoms with E-state index in [4.69, 9.17) is 0 Å². The molecule has 0 radical (unpaired) electrons. The van der Waals surface area contributed by atoms with Crippen molar-refractivity contribution in [1.29, 1.82) is 0 Å². The molecule has 2 amide bonds. The summed E-state index contributed by atoms with van der Waals surface area (Å²) in [6, 6.07) is 19.9. The Bertz CT molecular complexity index is 1560. The summed E-state index contributed by atoms with van der Waals surface area (Å²) < 4.78 is 1.47. The van der Waals surface area contributed by atoms with Crippen LogP contribution < -0.4 is 5.32 Å². The average Bonchev–Trinajstić information content (AvgIpc) is 3.40. The van der Waals surface area contributed by atoms with Gasteiger partial charge in [0.15, 0.2) is 0 Å². The number of benzene rings is 2. The number of nitrogens with zero attached hydrogens (tertiary/aromatic N) is 4. The van der Waals surface area contributed by atoms with E-state index in [-0.39, 0.29) is 0 Å². The van der Waals surface area contributed by atoms with Gasteiger partial charge < -0.3 is 5.32 Å². The predicted molar refractivity (Wildman–Crippen MR) is 158 cm³/mol. The fraction of sp³-hybridized carbons (Fsp3) is 0.152. The van der Waals surface area contributed by atoms with Crippen LogP contribution in [0.15, 0.2) is 137 Å². The van der Waals surface area contributed by atoms with Gasteiger partial charge in [-0.1, -0.05) is 72.8 Å². The molecule has 0 saturated heterocycles. The minimum absolute atomic E-state index is 0.338. The first kappa shape index (κ1) is 27.5. The Morgan fingerprint density at radius 1 is 0.854 bits per heavy atom. The van der Waals surface area contributed by atoms with Gasteiger partial charge in [0.1, 0.15) is 11.7 Å². The molecule has 1 aliphatic heterocycles. The molecule has 1 aliphatic carbocycles. The molecule has 2 aliphatic rings. The van der Waals surface area contributed by atoms with Crippen LogP contribution in [0.1, 0.15) is 41.4 Å². The molecule has 0 spiro atoms. The second-order valence-electron chi connectivity index (χ2n) is 9.97. The van der Waals surface area contributed by atoms with E-state index >= 15 is 0 Å². The van der Waals surface area contributed by atoms with Crippen LogP contribution in [-0.2, 0) is 11.8 Å². The Labute approximate surface area is 239 Å². The molecule has 8 heteroatoms. The third-order valence-corrected chi connectivity index (χ3v) is 7.09. The number of aromatic nitrogens is 2. The maximum atomic E-state index is 14.0. The van der Waals surface area contributed by atoms with E-state index in [1.165, 1.54) is 4.68 Å². The van der Waals surface area contributed by atoms with E-state index in [1.807, 2.05) is 86.7 Å². The Balaban J connectivity index is 1.51. The van der Waals surface area contributed by atoms with Crippen molar-refractivity contribution in [3.8, 4) is 0 Å². The molecule has 1 atom stereocenters. The van der Waals surface area contributed by atoms with Crippen LogP contribution >= 0.6 is 0 Å². The van der Waals surface area contributed by atoms with E-state index in [0.29, 0.717) is 11.4 Å². The van der Waals surface area contributed by atoms with Crippen LogP contribution in [0, 0.1) is 0 Å². The monoisotopic (exact) mass is 545 g/mol. The average molecular weight is 546 g/mol. The van der Waals surface area contributed by atoms with E-state index in [2.05, 4.69) is 15.4 Å². The zero-order valence-corrected chi connectivity index (χ0v) is 23.1. The molecule has 2 N–H and O–H groups in total. The maximum absolute atomic E-state index is 14.0. The van der Waals surface area contributed by atoms with Crippen molar-refractivity contribution >= 4 is 17.5 Å². The third kappa shape index (κ3) is 6.08. The molecule has 8 nitrogen and oxygen atoms in total. The largest absolute Gasteiger partial charge is 0.338 e. The summed E-state index contributed by atoms with van der Waals surface area (Å²) in [7, 11) is 1.68. The normalized spacial score (nSPS) is 15.5. The molecular formula is C33H31N5O3. The minimum atomic E-state index is -0.986. The van der Waals surface area contributed by atoms with Gasteiger partial charge in [-0.3, -0.25) is 19.5 Å². The number of aliphatic imine (C=N–C) groups is 1. The molecule has 5 rings (SSSR count). The minimum Gasteiger partial charge on any atom is -0.338 e. The van der Waals surface area contributed by atoms with Crippen molar-refractivity contribution in [1.82, 2.24) is 20.2 Å². The first-order chi connectivity index (χ1) is 19.8. The lowest BCUT2D eigenvalue weighted by Crippen LogP contribution is -2.45. The Morgan fingerprint density at radius 2 is 1.41 bits per heavy atom. The highest BCUT2D eigenvalue weighted by molar-refractivity contribution is 6.12. The van der Waals surface area contributed by atoms with Crippen molar-refractivity contribution in [3.63, 3.8) is 0 Å². The quantitative estimate of drug-likeness (QED) is 0.441. The number of nitrogens with one attached hydrogen (secondary N) is 1. The molecule has 206 valence electrons. The number of carbonyl (C=O) groups excluding carboxylic acids is 2. The van der Waals surface area contributed by atoms with Gasteiger partial charge in [0, 0.05) is 31.6 Å². The van der Waals surface area contributed by atoms with Crippen molar-refractivity contribution in [2.75, 3.05) is 0 Å². The SMILES string of the molecule is CC1=CN(O)C=C(C)C1=C1C=CC(=NC(=O)[C@@H](NC(=O)c2ccnn2C)C(c2ccccc2)c2ccccc2)C=C1. The molecule has 0 fully saturated rings. The zero-order valence-electron chi connectivity index (χ0n) is 23.1. The number of aryl methyl sites for hydroxylation is 1. The predicted octanol–water partition coefficient (Wildman–Crippen LogP) is 5.25. The number of hydrogen-bond donors (Lipinski definition) is 2. The van der Waals surface area contributed by atoms with Crippen molar-refractivity contribution in [2.45, 2.75) is 25.8 Å². The van der Waals surface area contributed by atoms with Crippen LogP contribution in [0.25, 0.3) is 0 Å². The van der Waals surface area contributed by atoms with Crippen molar-refractivity contribution in [2.24, 2.45) is 12.0 Å². The molecule has 2 aromatic carbocycles. The number of hydrogen-bond acceptors (Lipinski definition) is 5. The molecule has 2 heterocycles. The van der Waals surface area contributed by atoms with Gasteiger partial charge in [-0.2, -0.15) is 5.10 Å². The van der Waals surface area contributed by atoms with Gasteiger partial charge in [-0.15, -0.1) is 0 Å². The highest BCUT2D eigenvalue weighted by atomic mass is 16.5. The first-order valence-corrected chi connectivity index (χ1v) is 13.3. The highest BCUT2D eigenvalue weighted by Crippen LogP contribution is 2.31. The van der Waals surface area contributed by atoms with Crippen molar-refractivity contribution < 1.29 is 14.8 Å². The second kappa shape index (κ2) is 12.0. The summed E-state index contributed by atoms with van der Waals surface area (Å²) in [5.74, 6) is -1.37. The Kier molecular flexibility index (Phi) is 8.03. The number of amides is 2. The topological polar surface area (TPSA) is 99.8 Å². The highest BCUT2D eigenvalue weighted by Gasteiger charge is 2.33. The van der Waals surface area contributed by atoms with Crippen molar-refractivity contribution in [3.05, 3.63) is 149 Å². The van der Waals surface area contributed by atoms with Gasteiger partial charge >= 0.3 is 0 Å². The summed E-state index contributed by atoms with van der Waals surface area (Å²) in [5.41, 5.74) is 6.35. The van der Waals surface area contributed by atoms with Gasteiger partial charge in [0.25, 0.3) is 11.8 Å². The summed E-state index contributed by atoms with van der Waals surface area (Å²) in [4.78, 5) is 31.8. The summed E-state index contributed by atoms with van der Waals surface area (Å²) in [5, 5.41) is 18.0. The summed E-state index contributed by atoms with van der Waals surface area (Å²) in [6.45, 7) is 3.86. The lowest BCUT2D eigenvalue weighted by Gasteiger charge is -2.27. The number of carbonyl (C=O) groups is 2. The lowest BCUT2D eigenvalue weighted by molar-refractivity contribution is -0.119. The van der Waals surface area contributed by atoms with Gasteiger partial charge in [0.05, 0.1) is 5.71 Å². The van der Waals surface area contributed by atoms with Gasteiger partial charge in [-0.05, 0) is 65.5 Å². The van der Waals surface area contributed by atoms with Crippen LogP contribution in [0.5, 0.6) is 0 Å². The first-order valence-electron chi connectivity index (χ1n) is 13.3. The Hall–Kier alpha value is -5.08. The second-order valence-corrected chi connectivity index (χ2v) is 9.97. The van der Waals surface area contributed by atoms with Gasteiger partial charge in [-0.25, -0.2) is 10.1 Å².